The number of hydrogen-bond donors (Lipinski definition) is 0. The Morgan fingerprint density at radius 3 is 2.57 bits per heavy atom. The second-order valence-corrected chi connectivity index (χ2v) is 6.19. The number of hydrogen-bond acceptors (Lipinski definition) is 1. The Hall–Kier alpha value is -0.0400. The minimum Gasteiger partial charge on any atom is -0.303 e. The van der Waals surface area contributed by atoms with Gasteiger partial charge in [0.2, 0.25) is 0 Å². The van der Waals surface area contributed by atoms with Crippen LogP contribution in [0.2, 0.25) is 0 Å². The molecule has 0 aromatic rings. The van der Waals surface area contributed by atoms with E-state index in [9.17, 15) is 0 Å². The second-order valence-electron chi connectivity index (χ2n) is 6.19. The molecule has 1 nitrogen and oxygen atoms in total. The minimum atomic E-state index is 0.825. The first-order valence-electron chi connectivity index (χ1n) is 6.40. The van der Waals surface area contributed by atoms with Gasteiger partial charge in [0.15, 0.2) is 0 Å². The first-order valence-corrected chi connectivity index (χ1v) is 6.40. The Balaban J connectivity index is 1.72. The molecule has 0 aromatic heterocycles. The molecule has 3 unspecified atom stereocenters. The van der Waals surface area contributed by atoms with Crippen LogP contribution in [0.3, 0.4) is 0 Å². The van der Waals surface area contributed by atoms with Crippen molar-refractivity contribution >= 4 is 0 Å². The van der Waals surface area contributed by atoms with E-state index >= 15 is 0 Å². The van der Waals surface area contributed by atoms with Crippen LogP contribution in [0.15, 0.2) is 0 Å². The Morgan fingerprint density at radius 1 is 1.14 bits per heavy atom. The number of nitrogens with zero attached hydrogens (tertiary/aromatic N) is 1. The third-order valence-electron chi connectivity index (χ3n) is 5.46. The number of rotatable bonds is 0. The lowest BCUT2D eigenvalue weighted by atomic mass is 9.67. The third-order valence-corrected chi connectivity index (χ3v) is 5.46. The highest BCUT2D eigenvalue weighted by Crippen LogP contribution is 2.56. The molecule has 2 heterocycles. The molecule has 4 fully saturated rings. The highest BCUT2D eigenvalue weighted by Gasteiger charge is 2.47. The summed E-state index contributed by atoms with van der Waals surface area (Å²) in [4.78, 5) is 2.65. The smallest absolute Gasteiger partial charge is 0.0123 e. The monoisotopic (exact) mass is 193 g/mol. The maximum absolute atomic E-state index is 2.65. The summed E-state index contributed by atoms with van der Waals surface area (Å²) in [6.45, 7) is 3.84. The van der Waals surface area contributed by atoms with E-state index in [1.165, 1.54) is 38.6 Å². The molecule has 3 atom stereocenters. The quantitative estimate of drug-likeness (QED) is 0.572. The molecule has 4 aliphatic rings. The molecule has 0 N–H and O–H groups in total. The molecular weight excluding hydrogens is 170 g/mol. The summed E-state index contributed by atoms with van der Waals surface area (Å²) in [5.74, 6) is 2.05. The summed E-state index contributed by atoms with van der Waals surface area (Å²) in [7, 11) is 2.35. The lowest BCUT2D eigenvalue weighted by molar-refractivity contribution is 0.0314. The van der Waals surface area contributed by atoms with Crippen LogP contribution in [0.1, 0.15) is 45.4 Å². The van der Waals surface area contributed by atoms with Crippen LogP contribution in [-0.2, 0) is 0 Å². The van der Waals surface area contributed by atoms with E-state index in [4.69, 9.17) is 0 Å². The van der Waals surface area contributed by atoms with Crippen molar-refractivity contribution in [2.75, 3.05) is 13.6 Å². The Labute approximate surface area is 87.9 Å². The summed E-state index contributed by atoms with van der Waals surface area (Å²) in [5.41, 5.74) is 0.825. The highest BCUT2D eigenvalue weighted by molar-refractivity contribution is 5.00. The van der Waals surface area contributed by atoms with Crippen molar-refractivity contribution in [2.45, 2.75) is 51.5 Å². The van der Waals surface area contributed by atoms with Crippen LogP contribution in [0, 0.1) is 17.3 Å². The molecule has 80 valence electrons. The van der Waals surface area contributed by atoms with Gasteiger partial charge in [0.05, 0.1) is 0 Å². The molecule has 2 saturated carbocycles. The Morgan fingerprint density at radius 2 is 1.93 bits per heavy atom. The van der Waals surface area contributed by atoms with Crippen LogP contribution in [0.4, 0.5) is 0 Å². The molecule has 1 heteroatoms. The highest BCUT2D eigenvalue weighted by atomic mass is 15.1. The zero-order valence-electron chi connectivity index (χ0n) is 9.63. The zero-order chi connectivity index (χ0) is 9.76. The largest absolute Gasteiger partial charge is 0.303 e. The van der Waals surface area contributed by atoms with Gasteiger partial charge < -0.3 is 4.90 Å². The standard InChI is InChI=1S/C13H23N/c1-10-11-3-4-13(5-6-13)7-8-14(2)12(10)9-11/h10-12H,3-9H2,1-2H3. The van der Waals surface area contributed by atoms with E-state index in [1.807, 2.05) is 0 Å². The first kappa shape index (κ1) is 9.21. The average molecular weight is 193 g/mol. The second kappa shape index (κ2) is 2.98. The van der Waals surface area contributed by atoms with E-state index in [2.05, 4.69) is 18.9 Å². The van der Waals surface area contributed by atoms with Gasteiger partial charge in [0.1, 0.15) is 0 Å². The summed E-state index contributed by atoms with van der Waals surface area (Å²) in [6, 6.07) is 0.925. The zero-order valence-corrected chi connectivity index (χ0v) is 9.63. The fourth-order valence-electron chi connectivity index (χ4n) is 3.69. The van der Waals surface area contributed by atoms with Crippen LogP contribution < -0.4 is 0 Å². The Bertz CT molecular complexity index is 227. The molecule has 2 saturated heterocycles. The van der Waals surface area contributed by atoms with Gasteiger partial charge in [0.25, 0.3) is 0 Å². The summed E-state index contributed by atoms with van der Waals surface area (Å²) in [5, 5.41) is 0. The van der Waals surface area contributed by atoms with Crippen LogP contribution in [-0.4, -0.2) is 24.5 Å². The van der Waals surface area contributed by atoms with Gasteiger partial charge in [-0.3, -0.25) is 0 Å². The van der Waals surface area contributed by atoms with Gasteiger partial charge >= 0.3 is 0 Å². The molecule has 0 aromatic carbocycles. The topological polar surface area (TPSA) is 3.24 Å². The summed E-state index contributed by atoms with van der Waals surface area (Å²) >= 11 is 0. The van der Waals surface area contributed by atoms with Gasteiger partial charge in [0, 0.05) is 6.04 Å². The van der Waals surface area contributed by atoms with Crippen molar-refractivity contribution < 1.29 is 0 Å². The van der Waals surface area contributed by atoms with Gasteiger partial charge in [-0.2, -0.15) is 0 Å². The molecule has 2 aliphatic heterocycles. The van der Waals surface area contributed by atoms with E-state index in [0.29, 0.717) is 0 Å². The van der Waals surface area contributed by atoms with Crippen molar-refractivity contribution in [1.29, 1.82) is 0 Å². The summed E-state index contributed by atoms with van der Waals surface area (Å²) in [6.07, 6.45) is 9.13. The fourth-order valence-corrected chi connectivity index (χ4v) is 3.69. The van der Waals surface area contributed by atoms with E-state index in [-0.39, 0.29) is 0 Å². The van der Waals surface area contributed by atoms with Crippen molar-refractivity contribution in [1.82, 2.24) is 4.90 Å². The molecule has 2 aliphatic carbocycles. The maximum atomic E-state index is 2.65. The van der Waals surface area contributed by atoms with Crippen molar-refractivity contribution in [3.63, 3.8) is 0 Å². The molecule has 4 rings (SSSR count). The van der Waals surface area contributed by atoms with Crippen LogP contribution in [0.5, 0.6) is 0 Å². The van der Waals surface area contributed by atoms with Crippen LogP contribution in [0.25, 0.3) is 0 Å². The average Bonchev–Trinajstić information content (AvgIpc) is 2.90. The van der Waals surface area contributed by atoms with E-state index in [1.54, 1.807) is 6.42 Å². The maximum Gasteiger partial charge on any atom is 0.0123 e. The first-order chi connectivity index (χ1) is 6.70. The molecule has 0 radical (unpaired) electrons. The van der Waals surface area contributed by atoms with Gasteiger partial charge in [-0.25, -0.2) is 0 Å². The molecule has 0 amide bonds. The SMILES string of the molecule is CC1C2CCC3(CCN(C)C1C2)CC3. The predicted octanol–water partition coefficient (Wildman–Crippen LogP) is 2.91. The minimum absolute atomic E-state index is 0.825. The molecule has 14 heavy (non-hydrogen) atoms. The van der Waals surface area contributed by atoms with Crippen molar-refractivity contribution in [2.24, 2.45) is 17.3 Å². The number of fused-ring (bicyclic) bond motifs is 3. The molecule has 1 spiro atoms. The lowest BCUT2D eigenvalue weighted by Gasteiger charge is -2.47. The van der Waals surface area contributed by atoms with Crippen LogP contribution >= 0.6 is 0 Å². The van der Waals surface area contributed by atoms with Gasteiger partial charge in [-0.1, -0.05) is 6.92 Å². The van der Waals surface area contributed by atoms with E-state index in [0.717, 1.165) is 23.3 Å². The summed E-state index contributed by atoms with van der Waals surface area (Å²) < 4.78 is 0. The fraction of sp³-hybridized carbons (Fsp3) is 1.00. The predicted molar refractivity (Wildman–Crippen MR) is 59.2 cm³/mol. The molecule has 2 bridgehead atoms. The van der Waals surface area contributed by atoms with Crippen molar-refractivity contribution in [3.8, 4) is 0 Å². The lowest BCUT2D eigenvalue weighted by Crippen LogP contribution is -2.49. The normalized spacial score (nSPS) is 46.3. The van der Waals surface area contributed by atoms with Gasteiger partial charge in [-0.15, -0.1) is 0 Å². The third kappa shape index (κ3) is 1.32. The van der Waals surface area contributed by atoms with Crippen molar-refractivity contribution in [3.05, 3.63) is 0 Å². The Kier molecular flexibility index (Phi) is 1.96. The molecular formula is C13H23N. The van der Waals surface area contributed by atoms with E-state index < -0.39 is 0 Å². The van der Waals surface area contributed by atoms with Gasteiger partial charge in [-0.05, 0) is 69.4 Å².